The van der Waals surface area contributed by atoms with Gasteiger partial charge in [-0.15, -0.1) is 0 Å². The first-order chi connectivity index (χ1) is 13.4. The highest BCUT2D eigenvalue weighted by molar-refractivity contribution is 6.34. The van der Waals surface area contributed by atoms with Gasteiger partial charge in [0.05, 0.1) is 37.1 Å². The van der Waals surface area contributed by atoms with E-state index in [-0.39, 0.29) is 23.4 Å². The highest BCUT2D eigenvalue weighted by Crippen LogP contribution is 2.47. The largest absolute Gasteiger partial charge is 0.418 e. The molecule has 0 fully saturated rings. The van der Waals surface area contributed by atoms with Crippen LogP contribution in [0.25, 0.3) is 0 Å². The van der Waals surface area contributed by atoms with E-state index in [1.807, 2.05) is 0 Å². The van der Waals surface area contributed by atoms with Crippen LogP contribution in [0.4, 0.5) is 41.6 Å². The monoisotopic (exact) mass is 434 g/mol. The number of nitro groups is 3. The second-order valence-electron chi connectivity index (χ2n) is 5.24. The summed E-state index contributed by atoms with van der Waals surface area (Å²) < 4.78 is 40.6. The maximum Gasteiger partial charge on any atom is 0.418 e. The molecular formula is C14H6ClF3N4O7. The number of rotatable bonds is 6. The molecule has 2 rings (SSSR count). The standard InChI is InChI=1S/C14H6ClF3N4O7/c15-10-2-1-7(20(24)25)4-11(10)19(6-23)13-9(14(16,17)18)3-8(21(26)27)5-12(13)22(28)29/h1-6H. The second-order valence-corrected chi connectivity index (χ2v) is 5.65. The first-order valence-corrected chi connectivity index (χ1v) is 7.48. The Morgan fingerprint density at radius 1 is 0.931 bits per heavy atom. The summed E-state index contributed by atoms with van der Waals surface area (Å²) in [5, 5.41) is 32.7. The van der Waals surface area contributed by atoms with Crippen molar-refractivity contribution in [3.05, 3.63) is 71.3 Å². The lowest BCUT2D eigenvalue weighted by Gasteiger charge is -2.22. The van der Waals surface area contributed by atoms with Gasteiger partial charge in [0.2, 0.25) is 6.41 Å². The first kappa shape index (κ1) is 21.5. The fourth-order valence-corrected chi connectivity index (χ4v) is 2.56. The fraction of sp³-hybridized carbons (Fsp3) is 0.0714. The van der Waals surface area contributed by atoms with Crippen molar-refractivity contribution in [2.45, 2.75) is 6.18 Å². The summed E-state index contributed by atoms with van der Waals surface area (Å²) in [6.07, 6.45) is -5.64. The molecule has 29 heavy (non-hydrogen) atoms. The molecule has 0 saturated heterocycles. The van der Waals surface area contributed by atoms with Gasteiger partial charge in [0.15, 0.2) is 0 Å². The predicted molar refractivity (Wildman–Crippen MR) is 91.1 cm³/mol. The zero-order chi connectivity index (χ0) is 22.1. The van der Waals surface area contributed by atoms with Gasteiger partial charge in [0.1, 0.15) is 5.69 Å². The number of carbonyl (C=O) groups is 1. The molecule has 0 unspecified atom stereocenters. The number of amides is 1. The zero-order valence-corrected chi connectivity index (χ0v) is 14.4. The van der Waals surface area contributed by atoms with Crippen molar-refractivity contribution in [3.8, 4) is 0 Å². The highest BCUT2D eigenvalue weighted by Gasteiger charge is 2.42. The summed E-state index contributed by atoms with van der Waals surface area (Å²) >= 11 is 5.82. The smallest absolute Gasteiger partial charge is 0.278 e. The van der Waals surface area contributed by atoms with Crippen LogP contribution in [-0.2, 0) is 11.0 Å². The quantitative estimate of drug-likeness (QED) is 0.372. The number of nitro benzene ring substituents is 3. The molecule has 0 aromatic heterocycles. The van der Waals surface area contributed by atoms with Crippen molar-refractivity contribution in [2.75, 3.05) is 4.90 Å². The molecule has 0 atom stereocenters. The van der Waals surface area contributed by atoms with Crippen LogP contribution in [0.15, 0.2) is 30.3 Å². The van der Waals surface area contributed by atoms with Crippen molar-refractivity contribution in [3.63, 3.8) is 0 Å². The molecule has 0 radical (unpaired) electrons. The van der Waals surface area contributed by atoms with E-state index in [9.17, 15) is 48.3 Å². The molecule has 11 nitrogen and oxygen atoms in total. The lowest BCUT2D eigenvalue weighted by Crippen LogP contribution is -2.21. The van der Waals surface area contributed by atoms with E-state index < -0.39 is 60.0 Å². The van der Waals surface area contributed by atoms with Crippen LogP contribution in [0.2, 0.25) is 5.02 Å². The Balaban J connectivity index is 2.95. The number of anilines is 2. The lowest BCUT2D eigenvalue weighted by atomic mass is 10.1. The maximum atomic E-state index is 13.5. The SMILES string of the molecule is O=CN(c1cc([N+](=O)[O-])ccc1Cl)c1c([N+](=O)[O-])cc([N+](=O)[O-])cc1C(F)(F)F. The Kier molecular flexibility index (Phi) is 5.68. The molecule has 2 aromatic carbocycles. The van der Waals surface area contributed by atoms with Crippen LogP contribution in [-0.4, -0.2) is 21.2 Å². The molecule has 0 N–H and O–H groups in total. The normalized spacial score (nSPS) is 11.0. The van der Waals surface area contributed by atoms with Crippen molar-refractivity contribution < 1.29 is 32.7 Å². The summed E-state index contributed by atoms with van der Waals surface area (Å²) in [5.74, 6) is 0. The molecular weight excluding hydrogens is 429 g/mol. The molecule has 0 aliphatic heterocycles. The van der Waals surface area contributed by atoms with Crippen molar-refractivity contribution in [1.29, 1.82) is 0 Å². The number of benzene rings is 2. The molecule has 0 heterocycles. The van der Waals surface area contributed by atoms with E-state index >= 15 is 0 Å². The van der Waals surface area contributed by atoms with E-state index in [0.29, 0.717) is 6.07 Å². The summed E-state index contributed by atoms with van der Waals surface area (Å²) in [7, 11) is 0. The van der Waals surface area contributed by atoms with Gasteiger partial charge in [0, 0.05) is 18.2 Å². The molecule has 0 aliphatic rings. The van der Waals surface area contributed by atoms with Crippen molar-refractivity contribution in [2.24, 2.45) is 0 Å². The van der Waals surface area contributed by atoms with Gasteiger partial charge in [0.25, 0.3) is 11.4 Å². The Morgan fingerprint density at radius 2 is 1.52 bits per heavy atom. The van der Waals surface area contributed by atoms with Crippen LogP contribution >= 0.6 is 11.6 Å². The Morgan fingerprint density at radius 3 is 1.97 bits per heavy atom. The minimum Gasteiger partial charge on any atom is -0.278 e. The number of hydrogen-bond donors (Lipinski definition) is 0. The van der Waals surface area contributed by atoms with Gasteiger partial charge < -0.3 is 0 Å². The summed E-state index contributed by atoms with van der Waals surface area (Å²) in [6, 6.07) is 2.65. The number of nitrogens with zero attached hydrogens (tertiary/aromatic N) is 4. The van der Waals surface area contributed by atoms with E-state index in [1.54, 1.807) is 0 Å². The molecule has 152 valence electrons. The number of non-ortho nitro benzene ring substituents is 2. The molecule has 0 bridgehead atoms. The van der Waals surface area contributed by atoms with Crippen LogP contribution in [0, 0.1) is 30.3 Å². The highest BCUT2D eigenvalue weighted by atomic mass is 35.5. The molecule has 2 aromatic rings. The number of alkyl halides is 3. The minimum atomic E-state index is -5.36. The zero-order valence-electron chi connectivity index (χ0n) is 13.6. The molecule has 15 heteroatoms. The van der Waals surface area contributed by atoms with Gasteiger partial charge in [-0.3, -0.25) is 40.0 Å². The third-order valence-corrected chi connectivity index (χ3v) is 3.85. The molecule has 0 spiro atoms. The average Bonchev–Trinajstić information content (AvgIpc) is 2.62. The lowest BCUT2D eigenvalue weighted by molar-refractivity contribution is -0.394. The van der Waals surface area contributed by atoms with Gasteiger partial charge in [-0.1, -0.05) is 11.6 Å². The minimum absolute atomic E-state index is 0.00406. The van der Waals surface area contributed by atoms with Crippen LogP contribution in [0.3, 0.4) is 0 Å². The summed E-state index contributed by atoms with van der Waals surface area (Å²) in [6.45, 7) is 0. The topological polar surface area (TPSA) is 150 Å². The van der Waals surface area contributed by atoms with E-state index in [2.05, 4.69) is 0 Å². The number of halogens is 4. The maximum absolute atomic E-state index is 13.5. The van der Waals surface area contributed by atoms with Gasteiger partial charge >= 0.3 is 11.9 Å². The van der Waals surface area contributed by atoms with Gasteiger partial charge in [-0.05, 0) is 6.07 Å². The molecule has 0 saturated carbocycles. The average molecular weight is 435 g/mol. The third kappa shape index (κ3) is 4.21. The number of carbonyl (C=O) groups excluding carboxylic acids is 1. The Bertz CT molecular complexity index is 1040. The molecule has 1 amide bonds. The number of hydrogen-bond acceptors (Lipinski definition) is 7. The van der Waals surface area contributed by atoms with Crippen LogP contribution in [0.5, 0.6) is 0 Å². The second kappa shape index (κ2) is 7.67. The van der Waals surface area contributed by atoms with Crippen LogP contribution in [0.1, 0.15) is 5.56 Å². The Hall–Kier alpha value is -3.81. The van der Waals surface area contributed by atoms with Crippen molar-refractivity contribution in [1.82, 2.24) is 0 Å². The van der Waals surface area contributed by atoms with Crippen molar-refractivity contribution >= 4 is 46.4 Å². The summed E-state index contributed by atoms with van der Waals surface area (Å²) in [4.78, 5) is 41.2. The predicted octanol–water partition coefficient (Wildman–Crippen LogP) is 4.38. The summed E-state index contributed by atoms with van der Waals surface area (Å²) in [5.41, 5.74) is -7.28. The Labute approximate surface area is 162 Å². The molecule has 0 aliphatic carbocycles. The third-order valence-electron chi connectivity index (χ3n) is 3.53. The van der Waals surface area contributed by atoms with Crippen LogP contribution < -0.4 is 4.90 Å². The van der Waals surface area contributed by atoms with E-state index in [4.69, 9.17) is 11.6 Å². The first-order valence-electron chi connectivity index (χ1n) is 7.11. The fourth-order valence-electron chi connectivity index (χ4n) is 2.35. The van der Waals surface area contributed by atoms with E-state index in [0.717, 1.165) is 12.1 Å². The van der Waals surface area contributed by atoms with Gasteiger partial charge in [-0.2, -0.15) is 13.2 Å². The van der Waals surface area contributed by atoms with E-state index in [1.165, 1.54) is 0 Å². The van der Waals surface area contributed by atoms with Gasteiger partial charge in [-0.25, -0.2) is 0 Å².